The molecule has 3 N–H and O–H groups in total. The van der Waals surface area contributed by atoms with Crippen molar-refractivity contribution in [3.63, 3.8) is 0 Å². The van der Waals surface area contributed by atoms with E-state index in [2.05, 4.69) is 10.6 Å². The van der Waals surface area contributed by atoms with Crippen molar-refractivity contribution in [1.82, 2.24) is 10.6 Å². The summed E-state index contributed by atoms with van der Waals surface area (Å²) in [4.78, 5) is 11.7. The maximum atomic E-state index is 11.7. The molecule has 0 fully saturated rings. The highest BCUT2D eigenvalue weighted by molar-refractivity contribution is 7.80. The van der Waals surface area contributed by atoms with Gasteiger partial charge in [-0.15, -0.1) is 0 Å². The number of methoxy groups -OCH3 is 1. The van der Waals surface area contributed by atoms with E-state index in [4.69, 9.17) is 22.1 Å². The van der Waals surface area contributed by atoms with Gasteiger partial charge in [0.05, 0.1) is 13.5 Å². The average Bonchev–Trinajstić information content (AvgIpc) is 2.39. The van der Waals surface area contributed by atoms with E-state index in [9.17, 15) is 4.79 Å². The van der Waals surface area contributed by atoms with Crippen LogP contribution in [0.5, 0.6) is 5.75 Å². The molecule has 104 valence electrons. The van der Waals surface area contributed by atoms with Crippen LogP contribution in [0.1, 0.15) is 12.0 Å². The van der Waals surface area contributed by atoms with E-state index in [1.165, 1.54) is 0 Å². The van der Waals surface area contributed by atoms with Crippen LogP contribution in [-0.4, -0.2) is 36.4 Å². The molecular weight excluding hydrogens is 264 g/mol. The zero-order chi connectivity index (χ0) is 14.1. The van der Waals surface area contributed by atoms with Crippen molar-refractivity contribution >= 4 is 23.2 Å². The van der Waals surface area contributed by atoms with E-state index in [1.807, 2.05) is 12.1 Å². The highest BCUT2D eigenvalue weighted by Gasteiger charge is 2.05. The quantitative estimate of drug-likeness (QED) is 0.527. The number of aliphatic hydroxyl groups is 1. The molecule has 1 rings (SSSR count). The molecule has 0 aromatic heterocycles. The summed E-state index contributed by atoms with van der Waals surface area (Å²) in [6.07, 6.45) is 0.848. The van der Waals surface area contributed by atoms with Crippen molar-refractivity contribution in [3.05, 3.63) is 29.8 Å². The summed E-state index contributed by atoms with van der Waals surface area (Å²) in [6.45, 7) is 0.632. The summed E-state index contributed by atoms with van der Waals surface area (Å²) in [5.41, 5.74) is 0.886. The van der Waals surface area contributed by atoms with Gasteiger partial charge in [-0.3, -0.25) is 4.79 Å². The lowest BCUT2D eigenvalue weighted by molar-refractivity contribution is -0.119. The van der Waals surface area contributed by atoms with Gasteiger partial charge in [-0.25, -0.2) is 0 Å². The van der Waals surface area contributed by atoms with E-state index in [0.717, 1.165) is 11.3 Å². The molecule has 0 aliphatic rings. The number of nitrogens with one attached hydrogen (secondary N) is 2. The molecular formula is C13H18N2O3S. The van der Waals surface area contributed by atoms with Crippen LogP contribution in [0.3, 0.4) is 0 Å². The number of hydrogen-bond donors (Lipinski definition) is 3. The van der Waals surface area contributed by atoms with E-state index >= 15 is 0 Å². The van der Waals surface area contributed by atoms with Crippen molar-refractivity contribution in [2.75, 3.05) is 20.3 Å². The zero-order valence-electron chi connectivity index (χ0n) is 10.8. The summed E-state index contributed by atoms with van der Waals surface area (Å²) in [5.74, 6) is 0.581. The van der Waals surface area contributed by atoms with E-state index in [-0.39, 0.29) is 24.0 Å². The number of hydrogen-bond acceptors (Lipinski definition) is 4. The van der Waals surface area contributed by atoms with Gasteiger partial charge in [0.15, 0.2) is 5.11 Å². The lowest BCUT2D eigenvalue weighted by Crippen LogP contribution is -2.40. The Hall–Kier alpha value is -1.66. The molecule has 19 heavy (non-hydrogen) atoms. The smallest absolute Gasteiger partial charge is 0.230 e. The Morgan fingerprint density at radius 2 is 2.05 bits per heavy atom. The molecule has 0 heterocycles. The SMILES string of the molecule is COc1ccc(CC(=O)NC(=S)NCCCO)cc1. The van der Waals surface area contributed by atoms with Crippen molar-refractivity contribution in [2.45, 2.75) is 12.8 Å². The minimum Gasteiger partial charge on any atom is -0.497 e. The number of rotatable bonds is 6. The number of amides is 1. The molecule has 1 aromatic carbocycles. The fourth-order valence-corrected chi connectivity index (χ4v) is 1.64. The third kappa shape index (κ3) is 6.17. The van der Waals surface area contributed by atoms with Crippen molar-refractivity contribution in [1.29, 1.82) is 0 Å². The van der Waals surface area contributed by atoms with Crippen LogP contribution < -0.4 is 15.4 Å². The van der Waals surface area contributed by atoms with E-state index in [1.54, 1.807) is 19.2 Å². The van der Waals surface area contributed by atoms with Crippen molar-refractivity contribution in [2.24, 2.45) is 0 Å². The van der Waals surface area contributed by atoms with Gasteiger partial charge >= 0.3 is 0 Å². The maximum Gasteiger partial charge on any atom is 0.230 e. The van der Waals surface area contributed by atoms with Gasteiger partial charge in [0.2, 0.25) is 5.91 Å². The van der Waals surface area contributed by atoms with Gasteiger partial charge in [-0.2, -0.15) is 0 Å². The highest BCUT2D eigenvalue weighted by atomic mass is 32.1. The minimum atomic E-state index is -0.174. The number of ether oxygens (including phenoxy) is 1. The van der Waals surface area contributed by atoms with Gasteiger partial charge in [-0.05, 0) is 36.3 Å². The van der Waals surface area contributed by atoms with Gasteiger partial charge in [0.1, 0.15) is 5.75 Å². The molecule has 0 spiro atoms. The summed E-state index contributed by atoms with van der Waals surface area (Å²) in [5, 5.41) is 14.3. The minimum absolute atomic E-state index is 0.0927. The van der Waals surface area contributed by atoms with Crippen molar-refractivity contribution < 1.29 is 14.6 Å². The zero-order valence-corrected chi connectivity index (χ0v) is 11.6. The second-order valence-corrected chi connectivity index (χ2v) is 4.31. The third-order valence-corrected chi connectivity index (χ3v) is 2.64. The maximum absolute atomic E-state index is 11.7. The fraction of sp³-hybridized carbons (Fsp3) is 0.385. The first-order chi connectivity index (χ1) is 9.15. The molecule has 0 saturated carbocycles. The van der Waals surface area contributed by atoms with Gasteiger partial charge in [-0.1, -0.05) is 12.1 Å². The standard InChI is InChI=1S/C13H18N2O3S/c1-18-11-5-3-10(4-6-11)9-12(17)15-13(19)14-7-2-8-16/h3-6,16H,2,7-9H2,1H3,(H2,14,15,17,19). The van der Waals surface area contributed by atoms with Crippen LogP contribution in [0.2, 0.25) is 0 Å². The number of benzene rings is 1. The van der Waals surface area contributed by atoms with Crippen LogP contribution in [0.15, 0.2) is 24.3 Å². The number of thiocarbonyl (C=S) groups is 1. The summed E-state index contributed by atoms with van der Waals surface area (Å²) in [6, 6.07) is 7.28. The van der Waals surface area contributed by atoms with Gasteiger partial charge < -0.3 is 20.5 Å². The third-order valence-electron chi connectivity index (χ3n) is 2.40. The Balaban J connectivity index is 2.35. The molecule has 0 aliphatic carbocycles. The Morgan fingerprint density at radius 1 is 1.37 bits per heavy atom. The second kappa shape index (κ2) is 8.44. The average molecular weight is 282 g/mol. The summed E-state index contributed by atoms with van der Waals surface area (Å²) in [7, 11) is 1.60. The first kappa shape index (κ1) is 15.4. The Labute approximate surface area is 118 Å². The molecule has 0 unspecified atom stereocenters. The van der Waals surface area contributed by atoms with Crippen LogP contribution in [0, 0.1) is 0 Å². The molecule has 1 aromatic rings. The van der Waals surface area contributed by atoms with Gasteiger partial charge in [0, 0.05) is 13.2 Å². The molecule has 0 radical (unpaired) electrons. The normalized spacial score (nSPS) is 9.79. The predicted molar refractivity (Wildman–Crippen MR) is 77.1 cm³/mol. The highest BCUT2D eigenvalue weighted by Crippen LogP contribution is 2.11. The van der Waals surface area contributed by atoms with Gasteiger partial charge in [0.25, 0.3) is 0 Å². The first-order valence-corrected chi connectivity index (χ1v) is 6.38. The number of carbonyl (C=O) groups is 1. The van der Waals surface area contributed by atoms with Crippen LogP contribution >= 0.6 is 12.2 Å². The fourth-order valence-electron chi connectivity index (χ4n) is 1.42. The number of aliphatic hydroxyl groups excluding tert-OH is 1. The Morgan fingerprint density at radius 3 is 2.63 bits per heavy atom. The second-order valence-electron chi connectivity index (χ2n) is 3.91. The van der Waals surface area contributed by atoms with E-state index in [0.29, 0.717) is 13.0 Å². The predicted octanol–water partition coefficient (Wildman–Crippen LogP) is 0.611. The largest absolute Gasteiger partial charge is 0.497 e. The van der Waals surface area contributed by atoms with E-state index < -0.39 is 0 Å². The molecule has 0 atom stereocenters. The van der Waals surface area contributed by atoms with Crippen LogP contribution in [0.4, 0.5) is 0 Å². The summed E-state index contributed by atoms with van der Waals surface area (Å²) < 4.78 is 5.04. The number of carbonyl (C=O) groups excluding carboxylic acids is 1. The molecule has 6 heteroatoms. The molecule has 0 saturated heterocycles. The molecule has 0 aliphatic heterocycles. The summed E-state index contributed by atoms with van der Waals surface area (Å²) >= 11 is 4.95. The lowest BCUT2D eigenvalue weighted by atomic mass is 10.1. The van der Waals surface area contributed by atoms with Crippen molar-refractivity contribution in [3.8, 4) is 5.75 Å². The first-order valence-electron chi connectivity index (χ1n) is 5.97. The molecule has 0 bridgehead atoms. The van der Waals surface area contributed by atoms with Crippen LogP contribution in [-0.2, 0) is 11.2 Å². The molecule has 5 nitrogen and oxygen atoms in total. The lowest BCUT2D eigenvalue weighted by Gasteiger charge is -2.09. The molecule has 1 amide bonds. The Bertz CT molecular complexity index is 420. The monoisotopic (exact) mass is 282 g/mol. The van der Waals surface area contributed by atoms with Crippen LogP contribution in [0.25, 0.3) is 0 Å². The topological polar surface area (TPSA) is 70.6 Å². The Kier molecular flexibility index (Phi) is 6.84.